The van der Waals surface area contributed by atoms with E-state index in [0.717, 1.165) is 0 Å². The van der Waals surface area contributed by atoms with Crippen LogP contribution in [0.15, 0.2) is 71.9 Å². The number of hydroxylamine groups is 1. The van der Waals surface area contributed by atoms with Crippen LogP contribution in [0.1, 0.15) is 26.9 Å². The lowest BCUT2D eigenvalue weighted by Gasteiger charge is -2.23. The van der Waals surface area contributed by atoms with Gasteiger partial charge in [0.15, 0.2) is 5.37 Å². The molecular weight excluding hydrogens is 406 g/mol. The predicted molar refractivity (Wildman–Crippen MR) is 111 cm³/mol. The molecule has 2 aromatic carbocycles. The number of anilines is 1. The van der Waals surface area contributed by atoms with Crippen LogP contribution in [0.4, 0.5) is 5.69 Å². The van der Waals surface area contributed by atoms with Crippen molar-refractivity contribution in [2.45, 2.75) is 17.2 Å². The Bertz CT molecular complexity index is 1130. The summed E-state index contributed by atoms with van der Waals surface area (Å²) in [6, 6.07) is 14.1. The number of aryl methyl sites for hydroxylation is 1. The zero-order valence-corrected chi connectivity index (χ0v) is 17.2. The Morgan fingerprint density at radius 3 is 2.33 bits per heavy atom. The minimum absolute atomic E-state index is 0.0827. The Kier molecular flexibility index (Phi) is 6.34. The molecule has 1 amide bonds. The first-order valence-electron chi connectivity index (χ1n) is 8.97. The molecule has 0 saturated heterocycles. The Balaban J connectivity index is 2.13. The topological polar surface area (TPSA) is 118 Å². The van der Waals surface area contributed by atoms with E-state index in [-0.39, 0.29) is 10.5 Å². The summed E-state index contributed by atoms with van der Waals surface area (Å²) in [6.45, 7) is 1.74. The van der Waals surface area contributed by atoms with E-state index >= 15 is 0 Å². The van der Waals surface area contributed by atoms with Gasteiger partial charge in [0.05, 0.1) is 23.3 Å². The van der Waals surface area contributed by atoms with Gasteiger partial charge in [0.25, 0.3) is 5.91 Å². The summed E-state index contributed by atoms with van der Waals surface area (Å²) in [4.78, 5) is 16.2. The second-order valence-electron chi connectivity index (χ2n) is 6.46. The average molecular weight is 427 g/mol. The molecule has 0 spiro atoms. The smallest absolute Gasteiger partial charge is 0.276 e. The van der Waals surface area contributed by atoms with E-state index in [1.165, 1.54) is 37.7 Å². The number of pyridine rings is 1. The van der Waals surface area contributed by atoms with Gasteiger partial charge >= 0.3 is 0 Å². The second-order valence-corrected chi connectivity index (χ2v) is 8.50. The number of nitrogens with one attached hydrogen (secondary N) is 2. The van der Waals surface area contributed by atoms with Gasteiger partial charge in [-0.25, -0.2) is 13.9 Å². The van der Waals surface area contributed by atoms with Crippen LogP contribution in [0.2, 0.25) is 0 Å². The number of sulfone groups is 1. The van der Waals surface area contributed by atoms with Crippen LogP contribution in [0.25, 0.3) is 0 Å². The molecule has 8 nitrogen and oxygen atoms in total. The molecule has 0 saturated carbocycles. The van der Waals surface area contributed by atoms with Crippen molar-refractivity contribution in [2.75, 3.05) is 12.4 Å². The van der Waals surface area contributed by atoms with Gasteiger partial charge in [-0.15, -0.1) is 0 Å². The molecule has 0 aliphatic heterocycles. The van der Waals surface area contributed by atoms with Crippen LogP contribution in [-0.4, -0.2) is 31.6 Å². The molecule has 30 heavy (non-hydrogen) atoms. The van der Waals surface area contributed by atoms with Crippen LogP contribution in [0.5, 0.6) is 5.75 Å². The summed E-state index contributed by atoms with van der Waals surface area (Å²) < 4.78 is 32.2. The number of ether oxygens (including phenoxy) is 1. The van der Waals surface area contributed by atoms with Crippen molar-refractivity contribution >= 4 is 21.4 Å². The third-order valence-electron chi connectivity index (χ3n) is 4.60. The monoisotopic (exact) mass is 427 g/mol. The first-order chi connectivity index (χ1) is 14.4. The van der Waals surface area contributed by atoms with Crippen molar-refractivity contribution in [1.82, 2.24) is 10.5 Å². The van der Waals surface area contributed by atoms with Crippen LogP contribution >= 0.6 is 0 Å². The highest BCUT2D eigenvalue weighted by Crippen LogP contribution is 2.33. The van der Waals surface area contributed by atoms with Crippen LogP contribution < -0.4 is 15.5 Å². The lowest BCUT2D eigenvalue weighted by atomic mass is 10.1. The van der Waals surface area contributed by atoms with Crippen LogP contribution in [0, 0.1) is 6.92 Å². The molecule has 1 atom stereocenters. The lowest BCUT2D eigenvalue weighted by molar-refractivity contribution is 0.0707. The molecule has 156 valence electrons. The van der Waals surface area contributed by atoms with Crippen molar-refractivity contribution < 1.29 is 23.2 Å². The van der Waals surface area contributed by atoms with E-state index in [2.05, 4.69) is 10.3 Å². The highest BCUT2D eigenvalue weighted by atomic mass is 32.2. The minimum Gasteiger partial charge on any atom is -0.497 e. The number of rotatable bonds is 7. The fourth-order valence-corrected chi connectivity index (χ4v) is 4.60. The number of carbonyl (C=O) groups excluding carboxylic acids is 1. The summed E-state index contributed by atoms with van der Waals surface area (Å²) in [5.74, 6) is -0.222. The number of para-hydroxylation sites is 1. The molecule has 0 aliphatic rings. The van der Waals surface area contributed by atoms with Gasteiger partial charge in [0.1, 0.15) is 5.75 Å². The first-order valence-corrected chi connectivity index (χ1v) is 10.5. The minimum atomic E-state index is -3.93. The maximum absolute atomic E-state index is 13.5. The van der Waals surface area contributed by atoms with Gasteiger partial charge in [-0.2, -0.15) is 0 Å². The number of hydrogen-bond acceptors (Lipinski definition) is 7. The SMILES string of the molecule is COc1ccc(S(=O)(=O)C(Nc2c(C)cccc2C(=O)NO)c2ccncc2)cc1. The Labute approximate surface area is 174 Å². The van der Waals surface area contributed by atoms with Gasteiger partial charge in [-0.1, -0.05) is 12.1 Å². The van der Waals surface area contributed by atoms with E-state index in [1.54, 1.807) is 48.8 Å². The standard InChI is InChI=1S/C21H21N3O5S/c1-14-4-3-5-18(20(25)24-26)19(14)23-21(15-10-12-22-13-11-15)30(27,28)17-8-6-16(29-2)7-9-17/h3-13,21,23,26H,1-2H3,(H,24,25). The largest absolute Gasteiger partial charge is 0.497 e. The number of carbonyl (C=O) groups is 1. The zero-order valence-electron chi connectivity index (χ0n) is 16.4. The molecule has 1 aromatic heterocycles. The first kappa shape index (κ1) is 21.3. The fourth-order valence-electron chi connectivity index (χ4n) is 3.02. The van der Waals surface area contributed by atoms with Gasteiger partial charge in [0.2, 0.25) is 9.84 Å². The van der Waals surface area contributed by atoms with Crippen molar-refractivity contribution in [3.63, 3.8) is 0 Å². The molecule has 1 heterocycles. The molecule has 9 heteroatoms. The second kappa shape index (κ2) is 8.93. The number of methoxy groups -OCH3 is 1. The Morgan fingerprint density at radius 1 is 1.07 bits per heavy atom. The van der Waals surface area contributed by atoms with E-state index in [0.29, 0.717) is 22.6 Å². The molecule has 0 radical (unpaired) electrons. The number of benzene rings is 2. The Morgan fingerprint density at radius 2 is 1.73 bits per heavy atom. The summed E-state index contributed by atoms with van der Waals surface area (Å²) in [6.07, 6.45) is 2.99. The summed E-state index contributed by atoms with van der Waals surface area (Å²) in [5, 5.41) is 10.9. The van der Waals surface area contributed by atoms with E-state index in [1.807, 2.05) is 0 Å². The summed E-state index contributed by atoms with van der Waals surface area (Å²) in [7, 11) is -2.44. The third-order valence-corrected chi connectivity index (χ3v) is 6.54. The quantitative estimate of drug-likeness (QED) is 0.392. The Hall–Kier alpha value is -3.43. The van der Waals surface area contributed by atoms with Crippen molar-refractivity contribution in [2.24, 2.45) is 0 Å². The van der Waals surface area contributed by atoms with E-state index in [4.69, 9.17) is 9.94 Å². The number of amides is 1. The number of nitrogens with zero attached hydrogens (tertiary/aromatic N) is 1. The average Bonchev–Trinajstić information content (AvgIpc) is 2.78. The third kappa shape index (κ3) is 4.27. The fraction of sp³-hybridized carbons (Fsp3) is 0.143. The molecule has 3 N–H and O–H groups in total. The zero-order chi connectivity index (χ0) is 21.7. The highest BCUT2D eigenvalue weighted by Gasteiger charge is 2.31. The van der Waals surface area contributed by atoms with Gasteiger partial charge in [-0.05, 0) is 60.5 Å². The van der Waals surface area contributed by atoms with E-state index < -0.39 is 21.1 Å². The summed E-state index contributed by atoms with van der Waals surface area (Å²) >= 11 is 0. The molecule has 1 unspecified atom stereocenters. The van der Waals surface area contributed by atoms with Crippen LogP contribution in [0.3, 0.4) is 0 Å². The van der Waals surface area contributed by atoms with Gasteiger partial charge < -0.3 is 10.1 Å². The van der Waals surface area contributed by atoms with Crippen LogP contribution in [-0.2, 0) is 9.84 Å². The van der Waals surface area contributed by atoms with Crippen molar-refractivity contribution in [1.29, 1.82) is 0 Å². The molecule has 0 aliphatic carbocycles. The number of aromatic nitrogens is 1. The molecule has 0 bridgehead atoms. The maximum atomic E-state index is 13.5. The van der Waals surface area contributed by atoms with Crippen molar-refractivity contribution in [3.05, 3.63) is 83.7 Å². The van der Waals surface area contributed by atoms with Crippen molar-refractivity contribution in [3.8, 4) is 5.75 Å². The van der Waals surface area contributed by atoms with Gasteiger partial charge in [-0.3, -0.25) is 15.0 Å². The molecular formula is C21H21N3O5S. The number of hydrogen-bond donors (Lipinski definition) is 3. The summed E-state index contributed by atoms with van der Waals surface area (Å²) in [5.41, 5.74) is 3.08. The maximum Gasteiger partial charge on any atom is 0.276 e. The normalized spacial score (nSPS) is 12.1. The lowest BCUT2D eigenvalue weighted by Crippen LogP contribution is -2.25. The molecule has 3 aromatic rings. The van der Waals surface area contributed by atoms with Gasteiger partial charge in [0, 0.05) is 12.4 Å². The van der Waals surface area contributed by atoms with E-state index in [9.17, 15) is 13.2 Å². The highest BCUT2D eigenvalue weighted by molar-refractivity contribution is 7.91. The molecule has 3 rings (SSSR count). The molecule has 0 fully saturated rings. The predicted octanol–water partition coefficient (Wildman–Crippen LogP) is 3.10.